The number of anilines is 8. The van der Waals surface area contributed by atoms with Gasteiger partial charge in [-0.15, -0.1) is 22.7 Å². The quantitative estimate of drug-likeness (QED) is 0.163. The van der Waals surface area contributed by atoms with Gasteiger partial charge in [-0.05, 0) is 130 Å². The highest BCUT2D eigenvalue weighted by atomic mass is 32.1. The number of hydrogen-bond acceptors (Lipinski definition) is 5. The number of thiophene rings is 2. The van der Waals surface area contributed by atoms with E-state index >= 15 is 0 Å². The molecule has 2 unspecified atom stereocenters. The Morgan fingerprint density at radius 1 is 0.443 bits per heavy atom. The van der Waals surface area contributed by atoms with Crippen LogP contribution in [0.1, 0.15) is 97.8 Å². The van der Waals surface area contributed by atoms with Crippen molar-refractivity contribution < 1.29 is 0 Å². The van der Waals surface area contributed by atoms with Crippen LogP contribution < -0.4 is 31.1 Å². The second-order valence-corrected chi connectivity index (χ2v) is 25.4. The summed E-state index contributed by atoms with van der Waals surface area (Å²) in [6, 6.07) is 61.8. The zero-order valence-electron chi connectivity index (χ0n) is 41.6. The maximum absolute atomic E-state index is 2.80. The highest BCUT2D eigenvalue weighted by Crippen LogP contribution is 2.62. The summed E-state index contributed by atoms with van der Waals surface area (Å²) in [5.74, 6) is 0. The third kappa shape index (κ3) is 5.87. The van der Waals surface area contributed by atoms with Gasteiger partial charge in [0.2, 0.25) is 0 Å². The van der Waals surface area contributed by atoms with Crippen LogP contribution in [-0.4, -0.2) is 12.3 Å². The predicted octanol–water partition coefficient (Wildman–Crippen LogP) is 16.8. The molecule has 1 aliphatic carbocycles. The van der Waals surface area contributed by atoms with Gasteiger partial charge in [0.25, 0.3) is 6.71 Å². The summed E-state index contributed by atoms with van der Waals surface area (Å²) in [5, 5.41) is 5.31. The predicted molar refractivity (Wildman–Crippen MR) is 306 cm³/mol. The van der Waals surface area contributed by atoms with Crippen LogP contribution in [0, 0.1) is 0 Å². The molecule has 8 aromatic carbocycles. The van der Waals surface area contributed by atoms with E-state index in [-0.39, 0.29) is 28.5 Å². The Balaban J connectivity index is 1.12. The van der Waals surface area contributed by atoms with Crippen LogP contribution in [0.3, 0.4) is 0 Å². The van der Waals surface area contributed by atoms with Gasteiger partial charge in [-0.2, -0.15) is 0 Å². The van der Waals surface area contributed by atoms with Crippen LogP contribution in [0.25, 0.3) is 40.3 Å². The maximum Gasteiger partial charge on any atom is 0.252 e. The maximum atomic E-state index is 2.80. The summed E-state index contributed by atoms with van der Waals surface area (Å²) in [6.07, 6.45) is 4.81. The lowest BCUT2D eigenvalue weighted by molar-refractivity contribution is 0.195. The first-order valence-corrected chi connectivity index (χ1v) is 27.1. The molecule has 5 heterocycles. The van der Waals surface area contributed by atoms with E-state index in [0.717, 1.165) is 6.42 Å². The molecule has 344 valence electrons. The van der Waals surface area contributed by atoms with Crippen LogP contribution in [0.2, 0.25) is 0 Å². The van der Waals surface area contributed by atoms with E-state index in [1.807, 2.05) is 22.7 Å². The Hall–Kier alpha value is -6.34. The number of para-hydroxylation sites is 1. The zero-order chi connectivity index (χ0) is 47.6. The Morgan fingerprint density at radius 3 is 1.47 bits per heavy atom. The van der Waals surface area contributed by atoms with Crippen LogP contribution in [0.15, 0.2) is 158 Å². The topological polar surface area (TPSA) is 9.72 Å². The van der Waals surface area contributed by atoms with Crippen molar-refractivity contribution in [2.24, 2.45) is 0 Å². The molecule has 14 rings (SSSR count). The van der Waals surface area contributed by atoms with Crippen LogP contribution >= 0.6 is 22.7 Å². The molecule has 1 saturated carbocycles. The SMILES string of the molecule is CC(C)(C)c1ccc2c(c1)N(c1ccc3c(c1)sc1ccccc13)c1cc(N3c4ccccc4C4(C)CCCCC34C)cc3c1B2c1ccc(C(C)(C)C)cc1N3c1ccc2c(c1)sc1ccccc12. The van der Waals surface area contributed by atoms with Crippen molar-refractivity contribution in [2.75, 3.05) is 14.7 Å². The Bertz CT molecular complexity index is 3640. The van der Waals surface area contributed by atoms with Crippen molar-refractivity contribution in [3.05, 3.63) is 174 Å². The van der Waals surface area contributed by atoms with Crippen molar-refractivity contribution >= 4 is 132 Å². The van der Waals surface area contributed by atoms with E-state index in [1.54, 1.807) is 0 Å². The number of fused-ring (bicyclic) bond motifs is 13. The van der Waals surface area contributed by atoms with Gasteiger partial charge in [-0.1, -0.05) is 152 Å². The molecule has 3 aliphatic heterocycles. The van der Waals surface area contributed by atoms with Gasteiger partial charge in [0.05, 0.1) is 5.54 Å². The monoisotopic (exact) mass is 943 g/mol. The van der Waals surface area contributed by atoms with Crippen molar-refractivity contribution in [2.45, 2.75) is 103 Å². The third-order valence-corrected chi connectivity index (χ3v) is 19.6. The van der Waals surface area contributed by atoms with Crippen LogP contribution in [-0.2, 0) is 16.2 Å². The summed E-state index contributed by atoms with van der Waals surface area (Å²) in [4.78, 5) is 8.13. The minimum absolute atomic E-state index is 0.0116. The van der Waals surface area contributed by atoms with Gasteiger partial charge in [-0.25, -0.2) is 0 Å². The normalized spacial score (nSPS) is 19.5. The highest BCUT2D eigenvalue weighted by Gasteiger charge is 2.58. The molecule has 6 heteroatoms. The second kappa shape index (κ2) is 14.6. The second-order valence-electron chi connectivity index (χ2n) is 23.3. The van der Waals surface area contributed by atoms with E-state index < -0.39 is 0 Å². The standard InChI is InChI=1S/C64H58BN3S2/c1-61(2,3)39-23-29-49-52(33-39)66(41-25-27-46-44-17-9-13-21-56(44)69-58(46)37-41)54-35-43(68-51-20-12-11-19-48(51)63(7)31-15-16-32-64(63,68)8)36-55-60(54)65(49)50-30-24-40(62(4,5)6)34-53(50)67(55)42-26-28-47-45-18-10-14-22-57(45)70-59(47)38-42/h9-14,17-30,33-38H,15-16,31-32H2,1-8H3. The number of rotatable bonds is 3. The molecule has 4 aliphatic rings. The molecular formula is C64H58BN3S2. The first kappa shape index (κ1) is 42.5. The molecular weight excluding hydrogens is 886 g/mol. The molecule has 0 N–H and O–H groups in total. The van der Waals surface area contributed by atoms with Crippen LogP contribution in [0.4, 0.5) is 45.5 Å². The first-order valence-electron chi connectivity index (χ1n) is 25.5. The van der Waals surface area contributed by atoms with Gasteiger partial charge in [0.15, 0.2) is 0 Å². The fourth-order valence-electron chi connectivity index (χ4n) is 13.4. The molecule has 10 aromatic rings. The smallest absolute Gasteiger partial charge is 0.252 e. The van der Waals surface area contributed by atoms with E-state index in [4.69, 9.17) is 0 Å². The van der Waals surface area contributed by atoms with E-state index in [9.17, 15) is 0 Å². The number of hydrogen-bond donors (Lipinski definition) is 0. The van der Waals surface area contributed by atoms with E-state index in [1.165, 1.54) is 138 Å². The summed E-state index contributed by atoms with van der Waals surface area (Å²) in [6.45, 7) is 19.3. The molecule has 2 aromatic heterocycles. The van der Waals surface area contributed by atoms with Crippen molar-refractivity contribution in [3.63, 3.8) is 0 Å². The van der Waals surface area contributed by atoms with Gasteiger partial charge in [0, 0.05) is 91.3 Å². The largest absolute Gasteiger partial charge is 0.334 e. The summed E-state index contributed by atoms with van der Waals surface area (Å²) >= 11 is 3.82. The molecule has 0 spiro atoms. The summed E-state index contributed by atoms with van der Waals surface area (Å²) < 4.78 is 5.29. The van der Waals surface area contributed by atoms with E-state index in [2.05, 4.69) is 228 Å². The molecule has 3 nitrogen and oxygen atoms in total. The fraction of sp³-hybridized carbons (Fsp3) is 0.250. The molecule has 2 atom stereocenters. The van der Waals surface area contributed by atoms with Gasteiger partial charge in [-0.3, -0.25) is 0 Å². The lowest BCUT2D eigenvalue weighted by Crippen LogP contribution is -2.61. The molecule has 0 saturated heterocycles. The Labute approximate surface area is 421 Å². The summed E-state index contributed by atoms with van der Waals surface area (Å²) in [7, 11) is 0. The first-order chi connectivity index (χ1) is 33.7. The molecule has 70 heavy (non-hydrogen) atoms. The fourth-order valence-corrected chi connectivity index (χ4v) is 15.7. The third-order valence-electron chi connectivity index (χ3n) is 17.3. The zero-order valence-corrected chi connectivity index (χ0v) is 43.2. The average Bonchev–Trinajstić information content (AvgIpc) is 3.98. The summed E-state index contributed by atoms with van der Waals surface area (Å²) in [5.41, 5.74) is 18.2. The van der Waals surface area contributed by atoms with Crippen molar-refractivity contribution in [1.82, 2.24) is 0 Å². The lowest BCUT2D eigenvalue weighted by atomic mass is 9.33. The molecule has 0 bridgehead atoms. The van der Waals surface area contributed by atoms with Gasteiger partial charge in [0.1, 0.15) is 0 Å². The van der Waals surface area contributed by atoms with Gasteiger partial charge < -0.3 is 14.7 Å². The Kier molecular flexibility index (Phi) is 8.88. The van der Waals surface area contributed by atoms with E-state index in [0.29, 0.717) is 0 Å². The number of benzene rings is 8. The number of nitrogens with zero attached hydrogens (tertiary/aromatic N) is 3. The molecule has 0 amide bonds. The lowest BCUT2D eigenvalue weighted by Gasteiger charge is -2.51. The highest BCUT2D eigenvalue weighted by molar-refractivity contribution is 7.26. The molecule has 0 radical (unpaired) electrons. The van der Waals surface area contributed by atoms with Crippen molar-refractivity contribution in [3.8, 4) is 0 Å². The minimum atomic E-state index is -0.116. The minimum Gasteiger partial charge on any atom is -0.334 e. The van der Waals surface area contributed by atoms with Crippen molar-refractivity contribution in [1.29, 1.82) is 0 Å². The average molecular weight is 944 g/mol. The van der Waals surface area contributed by atoms with Crippen LogP contribution in [0.5, 0.6) is 0 Å². The molecule has 1 fully saturated rings. The Morgan fingerprint density at radius 2 is 0.929 bits per heavy atom. The van der Waals surface area contributed by atoms with Gasteiger partial charge >= 0.3 is 0 Å².